The molecule has 0 bridgehead atoms. The number of halogens is 1. The summed E-state index contributed by atoms with van der Waals surface area (Å²) in [5.74, 6) is 0.508. The van der Waals surface area contributed by atoms with Gasteiger partial charge in [-0.2, -0.15) is 0 Å². The molecule has 1 nitrogen and oxygen atoms in total. The summed E-state index contributed by atoms with van der Waals surface area (Å²) >= 11 is 6.24. The summed E-state index contributed by atoms with van der Waals surface area (Å²) in [6.45, 7) is 2.31. The third-order valence-corrected chi connectivity index (χ3v) is 4.04. The molecule has 0 spiro atoms. The molecule has 1 radical (unpaired) electrons. The minimum atomic E-state index is 0.0538. The van der Waals surface area contributed by atoms with Crippen molar-refractivity contribution in [3.05, 3.63) is 47.0 Å². The highest BCUT2D eigenvalue weighted by molar-refractivity contribution is 6.35. The van der Waals surface area contributed by atoms with Gasteiger partial charge in [0.2, 0.25) is 0 Å². The highest BCUT2D eigenvalue weighted by Gasteiger charge is 2.10. The topological polar surface area (TPSA) is 19.9 Å². The SMILES string of the molecule is CC(CCCCC[O])c1cccc2c(Cl)cccc12. The van der Waals surface area contributed by atoms with Gasteiger partial charge in [0.25, 0.3) is 0 Å². The van der Waals surface area contributed by atoms with Crippen LogP contribution in [0.25, 0.3) is 10.8 Å². The van der Waals surface area contributed by atoms with Crippen molar-refractivity contribution in [3.63, 3.8) is 0 Å². The zero-order chi connectivity index (χ0) is 13.7. The molecule has 0 saturated carbocycles. The van der Waals surface area contributed by atoms with Crippen molar-refractivity contribution in [2.24, 2.45) is 0 Å². The van der Waals surface area contributed by atoms with Crippen molar-refractivity contribution in [3.8, 4) is 0 Å². The van der Waals surface area contributed by atoms with E-state index < -0.39 is 0 Å². The summed E-state index contributed by atoms with van der Waals surface area (Å²) < 4.78 is 0. The molecule has 0 fully saturated rings. The second kappa shape index (κ2) is 6.93. The van der Waals surface area contributed by atoms with E-state index in [2.05, 4.69) is 31.2 Å². The van der Waals surface area contributed by atoms with E-state index in [1.54, 1.807) is 0 Å². The van der Waals surface area contributed by atoms with Crippen LogP contribution in [-0.2, 0) is 5.11 Å². The van der Waals surface area contributed by atoms with Gasteiger partial charge in [0.15, 0.2) is 0 Å². The van der Waals surface area contributed by atoms with Crippen molar-refractivity contribution < 1.29 is 5.11 Å². The molecule has 2 aromatic rings. The van der Waals surface area contributed by atoms with Crippen LogP contribution in [0.5, 0.6) is 0 Å². The molecular weight excluding hydrogens is 256 g/mol. The molecule has 0 aliphatic carbocycles. The van der Waals surface area contributed by atoms with Crippen LogP contribution in [0.2, 0.25) is 5.02 Å². The van der Waals surface area contributed by atoms with Crippen LogP contribution < -0.4 is 0 Å². The molecule has 0 saturated heterocycles. The van der Waals surface area contributed by atoms with Crippen LogP contribution >= 0.6 is 11.6 Å². The first-order valence-corrected chi connectivity index (χ1v) is 7.37. The molecule has 2 aromatic carbocycles. The third-order valence-electron chi connectivity index (χ3n) is 3.71. The van der Waals surface area contributed by atoms with Crippen molar-refractivity contribution in [2.75, 3.05) is 6.61 Å². The Morgan fingerprint density at radius 1 is 1.00 bits per heavy atom. The van der Waals surface area contributed by atoms with Crippen LogP contribution in [0, 0.1) is 0 Å². The van der Waals surface area contributed by atoms with E-state index in [4.69, 9.17) is 11.6 Å². The van der Waals surface area contributed by atoms with Crippen LogP contribution in [0.4, 0.5) is 0 Å². The van der Waals surface area contributed by atoms with E-state index in [1.165, 1.54) is 10.9 Å². The first kappa shape index (κ1) is 14.4. The molecule has 0 amide bonds. The van der Waals surface area contributed by atoms with Crippen molar-refractivity contribution in [2.45, 2.75) is 38.5 Å². The molecule has 19 heavy (non-hydrogen) atoms. The maximum absolute atomic E-state index is 10.4. The highest BCUT2D eigenvalue weighted by Crippen LogP contribution is 2.32. The van der Waals surface area contributed by atoms with Crippen LogP contribution in [-0.4, -0.2) is 6.61 Å². The zero-order valence-electron chi connectivity index (χ0n) is 11.4. The fourth-order valence-corrected chi connectivity index (χ4v) is 2.85. The minimum absolute atomic E-state index is 0.0538. The molecule has 1 atom stereocenters. The zero-order valence-corrected chi connectivity index (χ0v) is 12.1. The number of hydrogen-bond donors (Lipinski definition) is 0. The van der Waals surface area contributed by atoms with Gasteiger partial charge in [-0.3, -0.25) is 0 Å². The maximum Gasteiger partial charge on any atom is 0.0822 e. The van der Waals surface area contributed by atoms with E-state index in [9.17, 15) is 5.11 Å². The standard InChI is InChI=1S/C17H20ClO/c1-13(7-3-2-4-12-19)14-8-5-10-16-15(14)9-6-11-17(16)18/h5-6,8-11,13H,2-4,7,12H2,1H3. The lowest BCUT2D eigenvalue weighted by Gasteiger charge is -2.15. The Morgan fingerprint density at radius 3 is 2.53 bits per heavy atom. The van der Waals surface area contributed by atoms with Gasteiger partial charge in [0.05, 0.1) is 6.61 Å². The Kier molecular flexibility index (Phi) is 5.24. The van der Waals surface area contributed by atoms with Gasteiger partial charge in [0, 0.05) is 10.4 Å². The van der Waals surface area contributed by atoms with E-state index >= 15 is 0 Å². The Hall–Kier alpha value is -1.05. The fourth-order valence-electron chi connectivity index (χ4n) is 2.61. The Morgan fingerprint density at radius 2 is 1.74 bits per heavy atom. The molecule has 1 unspecified atom stereocenters. The number of fused-ring (bicyclic) bond motifs is 1. The largest absolute Gasteiger partial charge is 0.237 e. The number of benzene rings is 2. The predicted octanol–water partition coefficient (Wildman–Crippen LogP) is 5.59. The summed E-state index contributed by atoms with van der Waals surface area (Å²) in [7, 11) is 0. The van der Waals surface area contributed by atoms with Gasteiger partial charge in [-0.15, -0.1) is 0 Å². The van der Waals surface area contributed by atoms with Crippen LogP contribution in [0.15, 0.2) is 36.4 Å². The summed E-state index contributed by atoms with van der Waals surface area (Å²) in [5, 5.41) is 13.6. The number of hydrogen-bond acceptors (Lipinski definition) is 0. The lowest BCUT2D eigenvalue weighted by atomic mass is 9.91. The average Bonchev–Trinajstić information content (AvgIpc) is 2.43. The van der Waals surface area contributed by atoms with Gasteiger partial charge in [0.1, 0.15) is 0 Å². The first-order valence-electron chi connectivity index (χ1n) is 6.99. The summed E-state index contributed by atoms with van der Waals surface area (Å²) in [4.78, 5) is 0. The first-order chi connectivity index (χ1) is 9.24. The Labute approximate surface area is 120 Å². The smallest absolute Gasteiger partial charge is 0.0822 e. The minimum Gasteiger partial charge on any atom is -0.237 e. The van der Waals surface area contributed by atoms with Gasteiger partial charge < -0.3 is 0 Å². The molecule has 0 aliphatic heterocycles. The summed E-state index contributed by atoms with van der Waals surface area (Å²) in [6, 6.07) is 12.4. The van der Waals surface area contributed by atoms with E-state index in [0.29, 0.717) is 5.92 Å². The molecule has 2 rings (SSSR count). The summed E-state index contributed by atoms with van der Waals surface area (Å²) in [5.41, 5.74) is 1.36. The predicted molar refractivity (Wildman–Crippen MR) is 81.4 cm³/mol. The second-order valence-corrected chi connectivity index (χ2v) is 5.54. The summed E-state index contributed by atoms with van der Waals surface area (Å²) in [6.07, 6.45) is 4.10. The van der Waals surface area contributed by atoms with Crippen LogP contribution in [0.1, 0.15) is 44.1 Å². The second-order valence-electron chi connectivity index (χ2n) is 5.14. The number of rotatable bonds is 6. The van der Waals surface area contributed by atoms with E-state index in [1.807, 2.05) is 12.1 Å². The Bertz CT molecular complexity index is 536. The lowest BCUT2D eigenvalue weighted by molar-refractivity contribution is 0.185. The lowest BCUT2D eigenvalue weighted by Crippen LogP contribution is -1.96. The van der Waals surface area contributed by atoms with Gasteiger partial charge >= 0.3 is 0 Å². The quantitative estimate of drug-likeness (QED) is 0.613. The van der Waals surface area contributed by atoms with Crippen molar-refractivity contribution in [1.82, 2.24) is 0 Å². The molecule has 101 valence electrons. The van der Waals surface area contributed by atoms with Crippen molar-refractivity contribution >= 4 is 22.4 Å². The molecule has 0 aromatic heterocycles. The van der Waals surface area contributed by atoms with Gasteiger partial charge in [-0.25, -0.2) is 5.11 Å². The molecule has 2 heteroatoms. The normalized spacial score (nSPS) is 12.8. The van der Waals surface area contributed by atoms with Gasteiger partial charge in [-0.1, -0.05) is 61.7 Å². The molecular formula is C17H20ClO. The monoisotopic (exact) mass is 275 g/mol. The van der Waals surface area contributed by atoms with Crippen LogP contribution in [0.3, 0.4) is 0 Å². The molecule has 0 N–H and O–H groups in total. The van der Waals surface area contributed by atoms with E-state index in [-0.39, 0.29) is 6.61 Å². The molecule has 0 aliphatic rings. The fraction of sp³-hybridized carbons (Fsp3) is 0.412. The third kappa shape index (κ3) is 3.49. The number of unbranched alkanes of at least 4 members (excludes halogenated alkanes) is 2. The van der Waals surface area contributed by atoms with Gasteiger partial charge in [-0.05, 0) is 35.8 Å². The Balaban J connectivity index is 2.17. The van der Waals surface area contributed by atoms with E-state index in [0.717, 1.165) is 36.1 Å². The maximum atomic E-state index is 10.4. The van der Waals surface area contributed by atoms with Crippen molar-refractivity contribution in [1.29, 1.82) is 0 Å². The molecule has 0 heterocycles. The highest BCUT2D eigenvalue weighted by atomic mass is 35.5. The average molecular weight is 276 g/mol.